The number of hydrogen-bond donors (Lipinski definition) is 2. The molecule has 144 valence electrons. The number of fused-ring (bicyclic) bond motifs is 1. The Hall–Kier alpha value is -2.30. The molecular formula is C22H30N4O. The highest BCUT2D eigenvalue weighted by molar-refractivity contribution is 5.90. The number of rotatable bonds is 4. The molecule has 1 heterocycles. The Morgan fingerprint density at radius 3 is 2.81 bits per heavy atom. The van der Waals surface area contributed by atoms with Crippen LogP contribution >= 0.6 is 0 Å². The molecule has 1 aromatic carbocycles. The van der Waals surface area contributed by atoms with Gasteiger partial charge in [0.1, 0.15) is 0 Å². The summed E-state index contributed by atoms with van der Waals surface area (Å²) in [5, 5.41) is 3.24. The van der Waals surface area contributed by atoms with Crippen LogP contribution in [0, 0.1) is 0 Å². The van der Waals surface area contributed by atoms with Crippen molar-refractivity contribution in [3.63, 3.8) is 0 Å². The summed E-state index contributed by atoms with van der Waals surface area (Å²) in [6.07, 6.45) is 13.0. The van der Waals surface area contributed by atoms with Gasteiger partial charge in [0.15, 0.2) is 0 Å². The molecule has 4 rings (SSSR count). The minimum atomic E-state index is 0.0553. The van der Waals surface area contributed by atoms with Gasteiger partial charge in [0, 0.05) is 30.4 Å². The van der Waals surface area contributed by atoms with Crippen LogP contribution in [-0.2, 0) is 6.42 Å². The predicted octanol–water partition coefficient (Wildman–Crippen LogP) is 5.06. The molecule has 0 saturated heterocycles. The van der Waals surface area contributed by atoms with Gasteiger partial charge in [-0.1, -0.05) is 31.4 Å². The molecule has 1 fully saturated rings. The first kappa shape index (κ1) is 18.1. The second-order valence-corrected chi connectivity index (χ2v) is 7.82. The van der Waals surface area contributed by atoms with E-state index in [1.807, 2.05) is 11.1 Å². The number of nitrogens with one attached hydrogen (secondary N) is 2. The smallest absolute Gasteiger partial charge is 0.322 e. The molecule has 0 aliphatic heterocycles. The number of amides is 2. The number of carbonyl (C=O) groups excluding carboxylic acids is 1. The van der Waals surface area contributed by atoms with Crippen LogP contribution in [0.1, 0.15) is 74.6 Å². The summed E-state index contributed by atoms with van der Waals surface area (Å²) in [4.78, 5) is 22.6. The molecule has 2 amide bonds. The highest BCUT2D eigenvalue weighted by atomic mass is 16.2. The fourth-order valence-corrected chi connectivity index (χ4v) is 4.88. The Labute approximate surface area is 161 Å². The van der Waals surface area contributed by atoms with E-state index < -0.39 is 0 Å². The molecule has 0 spiro atoms. The van der Waals surface area contributed by atoms with Gasteiger partial charge in [0.25, 0.3) is 0 Å². The number of aromatic nitrogens is 2. The predicted molar refractivity (Wildman–Crippen MR) is 108 cm³/mol. The van der Waals surface area contributed by atoms with E-state index in [0.717, 1.165) is 50.0 Å². The van der Waals surface area contributed by atoms with E-state index in [0.29, 0.717) is 12.0 Å². The normalized spacial score (nSPS) is 20.1. The number of nitrogens with zero attached hydrogens (tertiary/aromatic N) is 2. The van der Waals surface area contributed by atoms with Gasteiger partial charge in [-0.25, -0.2) is 9.78 Å². The van der Waals surface area contributed by atoms with Crippen molar-refractivity contribution < 1.29 is 4.79 Å². The molecule has 5 heteroatoms. The van der Waals surface area contributed by atoms with Gasteiger partial charge < -0.3 is 15.2 Å². The van der Waals surface area contributed by atoms with Gasteiger partial charge in [-0.15, -0.1) is 0 Å². The molecule has 2 aromatic rings. The van der Waals surface area contributed by atoms with E-state index in [4.69, 9.17) is 0 Å². The number of hydrogen-bond acceptors (Lipinski definition) is 2. The molecule has 1 unspecified atom stereocenters. The van der Waals surface area contributed by atoms with E-state index in [1.165, 1.54) is 30.4 Å². The lowest BCUT2D eigenvalue weighted by Gasteiger charge is -2.34. The molecule has 2 aliphatic rings. The average Bonchev–Trinajstić information content (AvgIpc) is 3.24. The van der Waals surface area contributed by atoms with E-state index in [-0.39, 0.29) is 6.03 Å². The Bertz CT molecular complexity index is 765. The third kappa shape index (κ3) is 3.73. The van der Waals surface area contributed by atoms with E-state index >= 15 is 0 Å². The van der Waals surface area contributed by atoms with Crippen LogP contribution < -0.4 is 5.32 Å². The first-order chi connectivity index (χ1) is 13.3. The summed E-state index contributed by atoms with van der Waals surface area (Å²) in [7, 11) is 0. The van der Waals surface area contributed by atoms with Gasteiger partial charge >= 0.3 is 6.03 Å². The number of anilines is 1. The zero-order chi connectivity index (χ0) is 18.6. The van der Waals surface area contributed by atoms with Gasteiger partial charge in [-0.05, 0) is 56.2 Å². The molecular weight excluding hydrogens is 336 g/mol. The summed E-state index contributed by atoms with van der Waals surface area (Å²) in [5.74, 6) is 0.317. The zero-order valence-corrected chi connectivity index (χ0v) is 16.2. The Morgan fingerprint density at radius 2 is 2.07 bits per heavy atom. The molecule has 1 saturated carbocycles. The maximum absolute atomic E-state index is 13.0. The van der Waals surface area contributed by atoms with Crippen LogP contribution in [0.5, 0.6) is 0 Å². The number of H-pyrrole nitrogens is 1. The highest BCUT2D eigenvalue weighted by Gasteiger charge is 2.27. The lowest BCUT2D eigenvalue weighted by molar-refractivity contribution is 0.172. The van der Waals surface area contributed by atoms with Crippen molar-refractivity contribution in [2.24, 2.45) is 0 Å². The summed E-state index contributed by atoms with van der Waals surface area (Å²) < 4.78 is 0. The minimum absolute atomic E-state index is 0.0553. The molecule has 1 atom stereocenters. The van der Waals surface area contributed by atoms with Crippen LogP contribution in [0.3, 0.4) is 0 Å². The number of benzene rings is 1. The van der Waals surface area contributed by atoms with Gasteiger partial charge in [-0.2, -0.15) is 0 Å². The summed E-state index contributed by atoms with van der Waals surface area (Å²) in [6, 6.07) is 6.76. The summed E-state index contributed by atoms with van der Waals surface area (Å²) in [6.45, 7) is 2.85. The fourth-order valence-electron chi connectivity index (χ4n) is 4.88. The second kappa shape index (κ2) is 8.15. The Kier molecular flexibility index (Phi) is 5.46. The quantitative estimate of drug-likeness (QED) is 0.794. The highest BCUT2D eigenvalue weighted by Crippen LogP contribution is 2.39. The third-order valence-electron chi connectivity index (χ3n) is 6.24. The van der Waals surface area contributed by atoms with Crippen molar-refractivity contribution in [3.05, 3.63) is 47.5 Å². The van der Waals surface area contributed by atoms with Crippen molar-refractivity contribution in [3.8, 4) is 0 Å². The lowest BCUT2D eigenvalue weighted by atomic mass is 9.80. The van der Waals surface area contributed by atoms with Crippen LogP contribution in [0.15, 0.2) is 30.7 Å². The SMILES string of the molecule is CCN(C(=O)Nc1cccc2c1CCCC2c1c[nH]cn1)C1CCCCC1. The van der Waals surface area contributed by atoms with Crippen molar-refractivity contribution >= 4 is 11.7 Å². The Balaban J connectivity index is 1.56. The number of imidazole rings is 1. The Morgan fingerprint density at radius 1 is 1.22 bits per heavy atom. The van der Waals surface area contributed by atoms with Gasteiger partial charge in [-0.3, -0.25) is 0 Å². The van der Waals surface area contributed by atoms with E-state index in [9.17, 15) is 4.79 Å². The second-order valence-electron chi connectivity index (χ2n) is 7.82. The molecule has 27 heavy (non-hydrogen) atoms. The third-order valence-corrected chi connectivity index (χ3v) is 6.24. The van der Waals surface area contributed by atoms with Crippen molar-refractivity contribution in [2.75, 3.05) is 11.9 Å². The molecule has 2 aliphatic carbocycles. The minimum Gasteiger partial charge on any atom is -0.351 e. The molecule has 2 N–H and O–H groups in total. The van der Waals surface area contributed by atoms with Crippen LogP contribution in [0.2, 0.25) is 0 Å². The van der Waals surface area contributed by atoms with Crippen LogP contribution in [0.25, 0.3) is 0 Å². The number of urea groups is 1. The average molecular weight is 367 g/mol. The van der Waals surface area contributed by atoms with Gasteiger partial charge in [0.05, 0.1) is 12.0 Å². The fraction of sp³-hybridized carbons (Fsp3) is 0.545. The molecule has 0 radical (unpaired) electrons. The van der Waals surface area contributed by atoms with E-state index in [1.54, 1.807) is 6.33 Å². The lowest BCUT2D eigenvalue weighted by Crippen LogP contribution is -2.43. The standard InChI is InChI=1S/C22H30N4O/c1-2-26(16-8-4-3-5-9-16)22(27)25-20-13-7-10-17-18(20)11-6-12-19(17)21-14-23-15-24-21/h7,10,13-16,19H,2-6,8-9,11-12H2,1H3,(H,23,24)(H,25,27). The van der Waals surface area contributed by atoms with Gasteiger partial charge in [0.2, 0.25) is 0 Å². The number of carbonyl (C=O) groups is 1. The largest absolute Gasteiger partial charge is 0.351 e. The number of aromatic amines is 1. The first-order valence-electron chi connectivity index (χ1n) is 10.5. The first-order valence-corrected chi connectivity index (χ1v) is 10.5. The summed E-state index contributed by atoms with van der Waals surface area (Å²) in [5.41, 5.74) is 4.67. The topological polar surface area (TPSA) is 61.0 Å². The monoisotopic (exact) mass is 366 g/mol. The van der Waals surface area contributed by atoms with Crippen molar-refractivity contribution in [1.82, 2.24) is 14.9 Å². The summed E-state index contributed by atoms with van der Waals surface area (Å²) >= 11 is 0. The maximum Gasteiger partial charge on any atom is 0.322 e. The molecule has 1 aromatic heterocycles. The maximum atomic E-state index is 13.0. The van der Waals surface area contributed by atoms with Crippen LogP contribution in [-0.4, -0.2) is 33.5 Å². The molecule has 0 bridgehead atoms. The zero-order valence-electron chi connectivity index (χ0n) is 16.2. The molecule has 5 nitrogen and oxygen atoms in total. The van der Waals surface area contributed by atoms with E-state index in [2.05, 4.69) is 40.4 Å². The van der Waals surface area contributed by atoms with Crippen molar-refractivity contribution in [1.29, 1.82) is 0 Å². The van der Waals surface area contributed by atoms with Crippen molar-refractivity contribution in [2.45, 2.75) is 70.3 Å². The van der Waals surface area contributed by atoms with Crippen LogP contribution in [0.4, 0.5) is 10.5 Å².